The lowest BCUT2D eigenvalue weighted by molar-refractivity contribution is -0.271. The number of methoxy groups -OCH3 is 1. The first kappa shape index (κ1) is 29.0. The fraction of sp³-hybridized carbons (Fsp3) is 0.444. The van der Waals surface area contributed by atoms with E-state index in [1.165, 1.54) is 18.2 Å². The smallest absolute Gasteiger partial charge is 0.430 e. The van der Waals surface area contributed by atoms with E-state index < -0.39 is 64.2 Å². The zero-order valence-corrected chi connectivity index (χ0v) is 20.9. The molecule has 6 nitrogen and oxygen atoms in total. The minimum Gasteiger partial charge on any atom is -0.466 e. The number of ether oxygens (including phenoxy) is 2. The molecule has 204 valence electrons. The molecule has 0 spiro atoms. The summed E-state index contributed by atoms with van der Waals surface area (Å²) >= 11 is 0. The van der Waals surface area contributed by atoms with Crippen molar-refractivity contribution in [3.05, 3.63) is 71.3 Å². The van der Waals surface area contributed by atoms with Crippen LogP contribution in [0.1, 0.15) is 43.2 Å². The summed E-state index contributed by atoms with van der Waals surface area (Å²) in [5.41, 5.74) is -5.64. The van der Waals surface area contributed by atoms with Crippen molar-refractivity contribution < 1.29 is 41.0 Å². The third-order valence-corrected chi connectivity index (χ3v) is 7.06. The molecule has 11 heteroatoms. The summed E-state index contributed by atoms with van der Waals surface area (Å²) in [6.45, 7) is 0.944. The van der Waals surface area contributed by atoms with Crippen LogP contribution in [0.4, 0.5) is 22.0 Å². The monoisotopic (exact) mass is 538 g/mol. The maximum absolute atomic E-state index is 14.7. The van der Waals surface area contributed by atoms with Crippen LogP contribution < -0.4 is 0 Å². The first-order valence-electron chi connectivity index (χ1n) is 11.9. The maximum atomic E-state index is 14.7. The second-order valence-electron chi connectivity index (χ2n) is 9.08. The van der Waals surface area contributed by atoms with Crippen LogP contribution >= 0.6 is 0 Å². The number of esters is 1. The predicted octanol–water partition coefficient (Wildman–Crippen LogP) is 5.24. The Morgan fingerprint density at radius 3 is 2.11 bits per heavy atom. The van der Waals surface area contributed by atoms with Gasteiger partial charge in [-0.2, -0.15) is 18.4 Å². The van der Waals surface area contributed by atoms with Crippen LogP contribution in [0, 0.1) is 28.4 Å². The molecule has 0 bridgehead atoms. The SMILES string of the molecule is CCOC(=O)CC1(C(C#N)c2c(F)cccc2F)CCN(C(=O)[C@](OC)(c2ccccc2)C(F)(F)F)CC1. The number of likely N-dealkylation sites (tertiary alicyclic amines) is 1. The van der Waals surface area contributed by atoms with Crippen LogP contribution in [0.3, 0.4) is 0 Å². The molecule has 3 rings (SSSR count). The van der Waals surface area contributed by atoms with Crippen LogP contribution in [0.2, 0.25) is 0 Å². The highest BCUT2D eigenvalue weighted by Gasteiger charge is 2.64. The molecule has 2 atom stereocenters. The number of benzene rings is 2. The van der Waals surface area contributed by atoms with Crippen molar-refractivity contribution in [1.82, 2.24) is 4.90 Å². The van der Waals surface area contributed by atoms with Crippen LogP contribution in [-0.4, -0.2) is 49.8 Å². The van der Waals surface area contributed by atoms with E-state index in [1.807, 2.05) is 6.07 Å². The molecular formula is C27H27F5N2O4. The Balaban J connectivity index is 2.01. The number of hydrogen-bond donors (Lipinski definition) is 0. The van der Waals surface area contributed by atoms with Crippen molar-refractivity contribution in [2.45, 2.75) is 43.9 Å². The molecule has 2 aromatic rings. The molecule has 2 aromatic carbocycles. The summed E-state index contributed by atoms with van der Waals surface area (Å²) in [5.74, 6) is -5.53. The quantitative estimate of drug-likeness (QED) is 0.339. The zero-order chi connectivity index (χ0) is 28.1. The van der Waals surface area contributed by atoms with Gasteiger partial charge in [0.05, 0.1) is 25.0 Å². The Morgan fingerprint density at radius 2 is 1.63 bits per heavy atom. The predicted molar refractivity (Wildman–Crippen MR) is 125 cm³/mol. The van der Waals surface area contributed by atoms with E-state index in [4.69, 9.17) is 9.47 Å². The van der Waals surface area contributed by atoms with Gasteiger partial charge in [-0.05, 0) is 31.9 Å². The van der Waals surface area contributed by atoms with Gasteiger partial charge >= 0.3 is 12.1 Å². The summed E-state index contributed by atoms with van der Waals surface area (Å²) in [4.78, 5) is 26.9. The van der Waals surface area contributed by atoms with Crippen LogP contribution in [0.5, 0.6) is 0 Å². The van der Waals surface area contributed by atoms with Gasteiger partial charge in [-0.15, -0.1) is 0 Å². The molecular weight excluding hydrogens is 511 g/mol. The number of nitrogens with zero attached hydrogens (tertiary/aromatic N) is 2. The number of hydrogen-bond acceptors (Lipinski definition) is 5. The highest BCUT2D eigenvalue weighted by molar-refractivity contribution is 5.88. The standard InChI is InChI=1S/C27H27F5N2O4/c1-3-38-22(35)16-25(19(17-33)23-20(28)10-7-11-21(23)29)12-14-34(15-13-25)24(36)26(37-2,27(30,31)32)18-8-5-4-6-9-18/h4-11,19H,3,12-16H2,1-2H3/t19?,26-/m1/s1. The van der Waals surface area contributed by atoms with Crippen molar-refractivity contribution in [2.75, 3.05) is 26.8 Å². The lowest BCUT2D eigenvalue weighted by Crippen LogP contribution is -2.59. The number of halogens is 5. The van der Waals surface area contributed by atoms with E-state index >= 15 is 0 Å². The number of nitriles is 1. The van der Waals surface area contributed by atoms with Gasteiger partial charge in [-0.1, -0.05) is 36.4 Å². The van der Waals surface area contributed by atoms with E-state index in [1.54, 1.807) is 6.92 Å². The largest absolute Gasteiger partial charge is 0.466 e. The van der Waals surface area contributed by atoms with E-state index in [-0.39, 0.29) is 32.5 Å². The number of piperidine rings is 1. The molecule has 0 N–H and O–H groups in total. The molecule has 1 fully saturated rings. The fourth-order valence-corrected chi connectivity index (χ4v) is 5.14. The Bertz CT molecular complexity index is 1170. The maximum Gasteiger partial charge on any atom is 0.430 e. The molecule has 0 aromatic heterocycles. The van der Waals surface area contributed by atoms with Crippen molar-refractivity contribution >= 4 is 11.9 Å². The van der Waals surface area contributed by atoms with Gasteiger partial charge in [0.25, 0.3) is 11.5 Å². The number of alkyl halides is 3. The lowest BCUT2D eigenvalue weighted by Gasteiger charge is -2.46. The Labute approximate surface area is 216 Å². The van der Waals surface area contributed by atoms with Crippen molar-refractivity contribution in [3.8, 4) is 6.07 Å². The first-order valence-corrected chi connectivity index (χ1v) is 11.9. The number of amides is 1. The van der Waals surface area contributed by atoms with Gasteiger partial charge in [0.1, 0.15) is 11.6 Å². The van der Waals surface area contributed by atoms with Gasteiger partial charge in [-0.3, -0.25) is 9.59 Å². The third-order valence-electron chi connectivity index (χ3n) is 7.06. The normalized spacial score (nSPS) is 17.7. The summed E-state index contributed by atoms with van der Waals surface area (Å²) in [7, 11) is 0.792. The lowest BCUT2D eigenvalue weighted by atomic mass is 9.64. The molecule has 1 amide bonds. The second-order valence-corrected chi connectivity index (χ2v) is 9.08. The molecule has 1 aliphatic heterocycles. The van der Waals surface area contributed by atoms with E-state index in [0.717, 1.165) is 42.3 Å². The van der Waals surface area contributed by atoms with Gasteiger partial charge in [0.2, 0.25) is 0 Å². The first-order chi connectivity index (χ1) is 18.0. The Morgan fingerprint density at radius 1 is 1.05 bits per heavy atom. The fourth-order valence-electron chi connectivity index (χ4n) is 5.14. The number of carbonyl (C=O) groups excluding carboxylic acids is 2. The summed E-state index contributed by atoms with van der Waals surface area (Å²) < 4.78 is 82.5. The highest BCUT2D eigenvalue weighted by atomic mass is 19.4. The summed E-state index contributed by atoms with van der Waals surface area (Å²) in [5, 5.41) is 10.0. The average molecular weight is 539 g/mol. The van der Waals surface area contributed by atoms with E-state index in [9.17, 15) is 36.8 Å². The van der Waals surface area contributed by atoms with Crippen molar-refractivity contribution in [3.63, 3.8) is 0 Å². The molecule has 1 saturated heterocycles. The minimum atomic E-state index is -5.12. The minimum absolute atomic E-state index is 0.0177. The number of rotatable bonds is 8. The van der Waals surface area contributed by atoms with Crippen LogP contribution in [0.25, 0.3) is 0 Å². The Hall–Kier alpha value is -3.52. The van der Waals surface area contributed by atoms with Gasteiger partial charge in [0.15, 0.2) is 0 Å². The van der Waals surface area contributed by atoms with Crippen LogP contribution in [-0.2, 0) is 24.7 Å². The molecule has 0 radical (unpaired) electrons. The highest BCUT2D eigenvalue weighted by Crippen LogP contribution is 2.50. The molecule has 38 heavy (non-hydrogen) atoms. The Kier molecular flexibility index (Phi) is 8.77. The van der Waals surface area contributed by atoms with E-state index in [0.29, 0.717) is 0 Å². The molecule has 1 heterocycles. The molecule has 1 unspecified atom stereocenters. The van der Waals surface area contributed by atoms with Gasteiger partial charge in [-0.25, -0.2) is 8.78 Å². The topological polar surface area (TPSA) is 79.6 Å². The van der Waals surface area contributed by atoms with Gasteiger partial charge in [0, 0.05) is 36.7 Å². The van der Waals surface area contributed by atoms with Crippen molar-refractivity contribution in [2.24, 2.45) is 5.41 Å². The second kappa shape index (κ2) is 11.5. The van der Waals surface area contributed by atoms with Gasteiger partial charge < -0.3 is 14.4 Å². The van der Waals surface area contributed by atoms with Crippen molar-refractivity contribution in [1.29, 1.82) is 5.26 Å². The summed E-state index contributed by atoms with van der Waals surface area (Å²) in [6, 6.07) is 11.5. The molecule has 0 aliphatic carbocycles. The molecule has 0 saturated carbocycles. The zero-order valence-electron chi connectivity index (χ0n) is 20.9. The van der Waals surface area contributed by atoms with E-state index in [2.05, 4.69) is 0 Å². The molecule has 1 aliphatic rings. The summed E-state index contributed by atoms with van der Waals surface area (Å²) in [6.07, 6.45) is -5.90. The average Bonchev–Trinajstić information content (AvgIpc) is 2.87. The van der Waals surface area contributed by atoms with Crippen LogP contribution in [0.15, 0.2) is 48.5 Å². The third kappa shape index (κ3) is 5.23. The number of carbonyl (C=O) groups is 2.